The van der Waals surface area contributed by atoms with Crippen LogP contribution in [-0.4, -0.2) is 31.6 Å². The monoisotopic (exact) mass is 117 g/mol. The van der Waals surface area contributed by atoms with Crippen LogP contribution in [-0.2, 0) is 9.53 Å². The molecule has 0 saturated carbocycles. The van der Waals surface area contributed by atoms with E-state index in [0.29, 0.717) is 0 Å². The molecule has 0 aliphatic rings. The molecule has 0 radical (unpaired) electrons. The first-order chi connectivity index (χ1) is 3.68. The predicted octanol–water partition coefficient (Wildman–Crippen LogP) is -0.159. The van der Waals surface area contributed by atoms with Crippen molar-refractivity contribution in [3.05, 3.63) is 0 Å². The number of rotatable bonds is 1. The minimum Gasteiger partial charge on any atom is -0.379 e. The van der Waals surface area contributed by atoms with E-state index in [4.69, 9.17) is 0 Å². The summed E-state index contributed by atoms with van der Waals surface area (Å²) in [5.41, 5.74) is 0. The first kappa shape index (κ1) is 6.94. The normalized spacial score (nSPS) is 7.75. The van der Waals surface area contributed by atoms with Gasteiger partial charge in [0.15, 0.2) is 0 Å². The van der Waals surface area contributed by atoms with Crippen molar-refractivity contribution in [1.29, 1.82) is 0 Å². The highest BCUT2D eigenvalue weighted by Gasteiger charge is 2.00. The lowest BCUT2D eigenvalue weighted by Gasteiger charge is -2.04. The van der Waals surface area contributed by atoms with Crippen molar-refractivity contribution in [2.75, 3.05) is 14.1 Å². The summed E-state index contributed by atoms with van der Waals surface area (Å²) in [6.45, 7) is 0.0995. The third kappa shape index (κ3) is 2.17. The van der Waals surface area contributed by atoms with Crippen molar-refractivity contribution in [3.63, 3.8) is 0 Å². The van der Waals surface area contributed by atoms with Crippen LogP contribution in [0.5, 0.6) is 0 Å². The van der Waals surface area contributed by atoms with Gasteiger partial charge in [-0.15, -0.1) is 0 Å². The Kier molecular flexibility index (Phi) is 2.61. The van der Waals surface area contributed by atoms with Gasteiger partial charge in [0.25, 0.3) is 0 Å². The van der Waals surface area contributed by atoms with Crippen molar-refractivity contribution in [3.8, 4) is 0 Å². The van der Waals surface area contributed by atoms with Crippen molar-refractivity contribution >= 4 is 12.6 Å². The Morgan fingerprint density at radius 2 is 2.12 bits per heavy atom. The molecular formula is C4H7NO3. The molecule has 0 aromatic carbocycles. The molecule has 0 unspecified atom stereocenters. The molecule has 4 nitrogen and oxygen atoms in total. The third-order valence-corrected chi connectivity index (χ3v) is 0.514. The summed E-state index contributed by atoms with van der Waals surface area (Å²) in [4.78, 5) is 20.8. The summed E-state index contributed by atoms with van der Waals surface area (Å²) in [5, 5.41) is 0. The fourth-order valence-electron chi connectivity index (χ4n) is 0.147. The van der Waals surface area contributed by atoms with Gasteiger partial charge in [-0.05, 0) is 0 Å². The average Bonchev–Trinajstić information content (AvgIpc) is 1.67. The van der Waals surface area contributed by atoms with Crippen LogP contribution in [0.2, 0.25) is 0 Å². The first-order valence-corrected chi connectivity index (χ1v) is 2.00. The largest absolute Gasteiger partial charge is 0.416 e. The molecule has 46 valence electrons. The van der Waals surface area contributed by atoms with E-state index >= 15 is 0 Å². The number of amides is 1. The van der Waals surface area contributed by atoms with Gasteiger partial charge in [-0.1, -0.05) is 0 Å². The zero-order valence-electron chi connectivity index (χ0n) is 4.75. The van der Waals surface area contributed by atoms with Crippen LogP contribution >= 0.6 is 0 Å². The maximum Gasteiger partial charge on any atom is 0.416 e. The van der Waals surface area contributed by atoms with Gasteiger partial charge >= 0.3 is 12.6 Å². The highest BCUT2D eigenvalue weighted by Crippen LogP contribution is 1.79. The molecule has 0 bridgehead atoms. The van der Waals surface area contributed by atoms with Gasteiger partial charge in [-0.2, -0.15) is 0 Å². The molecule has 0 saturated heterocycles. The maximum absolute atomic E-state index is 10.2. The van der Waals surface area contributed by atoms with Crippen molar-refractivity contribution in [2.24, 2.45) is 0 Å². The zero-order valence-corrected chi connectivity index (χ0v) is 4.75. The van der Waals surface area contributed by atoms with Gasteiger partial charge in [0.05, 0.1) is 0 Å². The Labute approximate surface area is 47.0 Å². The van der Waals surface area contributed by atoms with E-state index in [1.165, 1.54) is 14.1 Å². The second-order valence-corrected chi connectivity index (χ2v) is 1.37. The average molecular weight is 117 g/mol. The summed E-state index contributed by atoms with van der Waals surface area (Å²) < 4.78 is 3.91. The maximum atomic E-state index is 10.2. The molecule has 0 atom stereocenters. The summed E-state index contributed by atoms with van der Waals surface area (Å²) in [6, 6.07) is 0. The van der Waals surface area contributed by atoms with Gasteiger partial charge in [0.2, 0.25) is 0 Å². The van der Waals surface area contributed by atoms with Crippen LogP contribution in [0.4, 0.5) is 4.79 Å². The molecule has 0 fully saturated rings. The van der Waals surface area contributed by atoms with Gasteiger partial charge in [-0.3, -0.25) is 4.79 Å². The Hall–Kier alpha value is -1.06. The summed E-state index contributed by atoms with van der Waals surface area (Å²) in [7, 11) is 2.98. The van der Waals surface area contributed by atoms with Crippen LogP contribution in [0.15, 0.2) is 0 Å². The number of carbonyl (C=O) groups excluding carboxylic acids is 2. The first-order valence-electron chi connectivity index (χ1n) is 2.00. The van der Waals surface area contributed by atoms with Crippen LogP contribution in [0.1, 0.15) is 0 Å². The van der Waals surface area contributed by atoms with Gasteiger partial charge in [-0.25, -0.2) is 4.79 Å². The molecular weight excluding hydrogens is 110 g/mol. The van der Waals surface area contributed by atoms with Crippen LogP contribution < -0.4 is 0 Å². The van der Waals surface area contributed by atoms with Crippen LogP contribution in [0.25, 0.3) is 0 Å². The van der Waals surface area contributed by atoms with Crippen molar-refractivity contribution < 1.29 is 14.3 Å². The fourth-order valence-corrected chi connectivity index (χ4v) is 0.147. The molecule has 8 heavy (non-hydrogen) atoms. The highest BCUT2D eigenvalue weighted by molar-refractivity contribution is 5.74. The summed E-state index contributed by atoms with van der Waals surface area (Å²) in [6.07, 6.45) is -0.653. The van der Waals surface area contributed by atoms with Gasteiger partial charge in [0.1, 0.15) is 0 Å². The minimum atomic E-state index is -0.653. The van der Waals surface area contributed by atoms with E-state index in [-0.39, 0.29) is 6.47 Å². The Balaban J connectivity index is 3.48. The number of ether oxygens (including phenoxy) is 1. The molecule has 1 amide bonds. The molecule has 4 heteroatoms. The predicted molar refractivity (Wildman–Crippen MR) is 26.2 cm³/mol. The van der Waals surface area contributed by atoms with E-state index in [0.717, 1.165) is 4.90 Å². The number of carbonyl (C=O) groups is 2. The molecule has 0 aliphatic heterocycles. The third-order valence-electron chi connectivity index (χ3n) is 0.514. The lowest BCUT2D eigenvalue weighted by molar-refractivity contribution is -0.123. The molecule has 0 spiro atoms. The summed E-state index contributed by atoms with van der Waals surface area (Å²) in [5.74, 6) is 0. The number of hydrogen-bond donors (Lipinski definition) is 0. The molecule has 0 aliphatic carbocycles. The van der Waals surface area contributed by atoms with Crippen molar-refractivity contribution in [2.45, 2.75) is 0 Å². The van der Waals surface area contributed by atoms with E-state index < -0.39 is 6.09 Å². The number of nitrogens with zero attached hydrogens (tertiary/aromatic N) is 1. The van der Waals surface area contributed by atoms with Crippen LogP contribution in [0, 0.1) is 0 Å². The number of hydrogen-bond acceptors (Lipinski definition) is 3. The van der Waals surface area contributed by atoms with Gasteiger partial charge in [0, 0.05) is 14.1 Å². The Morgan fingerprint density at radius 3 is 2.25 bits per heavy atom. The second-order valence-electron chi connectivity index (χ2n) is 1.37. The zero-order chi connectivity index (χ0) is 6.57. The van der Waals surface area contributed by atoms with Crippen LogP contribution in [0.3, 0.4) is 0 Å². The second kappa shape index (κ2) is 3.01. The lowest BCUT2D eigenvalue weighted by Crippen LogP contribution is -2.21. The molecule has 0 aromatic heterocycles. The lowest BCUT2D eigenvalue weighted by atomic mass is 10.9. The molecule has 0 rings (SSSR count). The minimum absolute atomic E-state index is 0.0995. The fraction of sp³-hybridized carbons (Fsp3) is 0.500. The van der Waals surface area contributed by atoms with Gasteiger partial charge < -0.3 is 9.64 Å². The molecule has 0 aromatic rings. The Morgan fingerprint density at radius 1 is 1.62 bits per heavy atom. The smallest absolute Gasteiger partial charge is 0.379 e. The highest BCUT2D eigenvalue weighted by atomic mass is 16.6. The SMILES string of the molecule is CN(C)C(=O)OC=O. The molecule has 0 N–H and O–H groups in total. The van der Waals surface area contributed by atoms with E-state index in [9.17, 15) is 9.59 Å². The summed E-state index contributed by atoms with van der Waals surface area (Å²) >= 11 is 0. The van der Waals surface area contributed by atoms with Crippen molar-refractivity contribution in [1.82, 2.24) is 4.90 Å². The standard InChI is InChI=1S/C4H7NO3/c1-5(2)4(7)8-3-6/h3H,1-2H3. The van der Waals surface area contributed by atoms with E-state index in [1.54, 1.807) is 0 Å². The Bertz CT molecular complexity index is 99.5. The van der Waals surface area contributed by atoms with E-state index in [2.05, 4.69) is 4.74 Å². The van der Waals surface area contributed by atoms with E-state index in [1.807, 2.05) is 0 Å². The quantitative estimate of drug-likeness (QED) is 0.354. The topological polar surface area (TPSA) is 46.6 Å². The molecule has 0 heterocycles.